The number of hydrogen-bond donors (Lipinski definition) is 3. The molecule has 2 amide bonds. The van der Waals surface area contributed by atoms with Gasteiger partial charge in [-0.1, -0.05) is 24.3 Å². The van der Waals surface area contributed by atoms with Gasteiger partial charge >= 0.3 is 0 Å². The van der Waals surface area contributed by atoms with E-state index in [1.165, 1.54) is 0 Å². The summed E-state index contributed by atoms with van der Waals surface area (Å²) >= 11 is 0. The van der Waals surface area contributed by atoms with Gasteiger partial charge in [-0.15, -0.1) is 0 Å². The molecule has 9 nitrogen and oxygen atoms in total. The van der Waals surface area contributed by atoms with Gasteiger partial charge in [0.05, 0.1) is 26.3 Å². The number of rotatable bonds is 10. The summed E-state index contributed by atoms with van der Waals surface area (Å²) in [5, 5.41) is 8.81. The number of para-hydroxylation sites is 1. The van der Waals surface area contributed by atoms with E-state index in [2.05, 4.69) is 16.0 Å². The number of amides is 2. The maximum Gasteiger partial charge on any atom is 0.253 e. The van der Waals surface area contributed by atoms with Crippen LogP contribution >= 0.6 is 0 Å². The zero-order chi connectivity index (χ0) is 24.6. The number of fused-ring (bicyclic) bond motifs is 1. The van der Waals surface area contributed by atoms with E-state index in [0.717, 1.165) is 11.1 Å². The van der Waals surface area contributed by atoms with Crippen molar-refractivity contribution in [1.29, 1.82) is 0 Å². The van der Waals surface area contributed by atoms with Crippen molar-refractivity contribution in [3.8, 4) is 23.0 Å². The molecule has 0 saturated heterocycles. The first-order valence-corrected chi connectivity index (χ1v) is 11.0. The van der Waals surface area contributed by atoms with Crippen LogP contribution in [0.1, 0.15) is 21.5 Å². The fraction of sp³-hybridized carbons (Fsp3) is 0.231. The minimum atomic E-state index is -0.253. The van der Waals surface area contributed by atoms with Gasteiger partial charge in [0.25, 0.3) is 5.91 Å². The number of benzene rings is 3. The zero-order valence-corrected chi connectivity index (χ0v) is 19.6. The third kappa shape index (κ3) is 5.94. The zero-order valence-electron chi connectivity index (χ0n) is 19.6. The molecule has 3 aromatic carbocycles. The van der Waals surface area contributed by atoms with Gasteiger partial charge in [0.2, 0.25) is 12.7 Å². The maximum absolute atomic E-state index is 12.8. The Morgan fingerprint density at radius 2 is 1.54 bits per heavy atom. The summed E-state index contributed by atoms with van der Waals surface area (Å²) in [5.41, 5.74) is 2.78. The van der Waals surface area contributed by atoms with E-state index in [4.69, 9.17) is 18.9 Å². The van der Waals surface area contributed by atoms with Crippen LogP contribution in [0.4, 0.5) is 5.69 Å². The predicted molar refractivity (Wildman–Crippen MR) is 130 cm³/mol. The average molecular weight is 478 g/mol. The highest BCUT2D eigenvalue weighted by atomic mass is 16.7. The molecule has 0 spiro atoms. The molecule has 35 heavy (non-hydrogen) atoms. The molecule has 0 bridgehead atoms. The van der Waals surface area contributed by atoms with Crippen LogP contribution in [0.3, 0.4) is 0 Å². The molecule has 0 radical (unpaired) electrons. The molecular weight excluding hydrogens is 450 g/mol. The first-order valence-electron chi connectivity index (χ1n) is 11.0. The molecule has 0 saturated carbocycles. The van der Waals surface area contributed by atoms with E-state index < -0.39 is 0 Å². The fourth-order valence-electron chi connectivity index (χ4n) is 3.59. The minimum absolute atomic E-state index is 0.0136. The van der Waals surface area contributed by atoms with Crippen molar-refractivity contribution in [2.75, 3.05) is 32.9 Å². The summed E-state index contributed by atoms with van der Waals surface area (Å²) in [7, 11) is 3.13. The SMILES string of the molecule is COc1ccc(CNC(=O)CNc2ccccc2C(=O)NCc2ccc3c(c2)OCO3)cc1OC. The van der Waals surface area contributed by atoms with Crippen LogP contribution in [0.2, 0.25) is 0 Å². The smallest absolute Gasteiger partial charge is 0.253 e. The lowest BCUT2D eigenvalue weighted by molar-refractivity contribution is -0.119. The van der Waals surface area contributed by atoms with E-state index in [1.54, 1.807) is 44.6 Å². The van der Waals surface area contributed by atoms with E-state index >= 15 is 0 Å². The highest BCUT2D eigenvalue weighted by Gasteiger charge is 2.15. The first-order chi connectivity index (χ1) is 17.1. The first kappa shape index (κ1) is 23.7. The summed E-state index contributed by atoms with van der Waals surface area (Å²) in [6.07, 6.45) is 0. The van der Waals surface area contributed by atoms with Crippen molar-refractivity contribution in [2.24, 2.45) is 0 Å². The van der Waals surface area contributed by atoms with Crippen LogP contribution in [0.25, 0.3) is 0 Å². The monoisotopic (exact) mass is 477 g/mol. The summed E-state index contributed by atoms with van der Waals surface area (Å²) < 4.78 is 21.2. The molecule has 1 heterocycles. The van der Waals surface area contributed by atoms with Gasteiger partial charge in [0.15, 0.2) is 23.0 Å². The Morgan fingerprint density at radius 3 is 2.37 bits per heavy atom. The number of carbonyl (C=O) groups excluding carboxylic acids is 2. The second kappa shape index (κ2) is 11.1. The number of anilines is 1. The standard InChI is InChI=1S/C26H27N3O6/c1-32-21-9-7-17(11-23(21)33-2)13-28-25(30)15-27-20-6-4-3-5-19(20)26(31)29-14-18-8-10-22-24(12-18)35-16-34-22/h3-12,27H,13-16H2,1-2H3,(H,28,30)(H,29,31). The molecule has 182 valence electrons. The molecule has 0 fully saturated rings. The number of hydrogen-bond acceptors (Lipinski definition) is 7. The maximum atomic E-state index is 12.8. The van der Waals surface area contributed by atoms with Gasteiger partial charge in [-0.05, 0) is 47.5 Å². The van der Waals surface area contributed by atoms with E-state index in [9.17, 15) is 9.59 Å². The Bertz CT molecular complexity index is 1210. The summed E-state index contributed by atoms with van der Waals surface area (Å²) in [6, 6.07) is 18.0. The van der Waals surface area contributed by atoms with Crippen molar-refractivity contribution < 1.29 is 28.5 Å². The summed E-state index contributed by atoms with van der Waals surface area (Å²) in [6.45, 7) is 0.875. The summed E-state index contributed by atoms with van der Waals surface area (Å²) in [4.78, 5) is 25.2. The Kier molecular flexibility index (Phi) is 7.57. The van der Waals surface area contributed by atoms with Gasteiger partial charge in [-0.3, -0.25) is 9.59 Å². The van der Waals surface area contributed by atoms with Crippen LogP contribution in [-0.2, 0) is 17.9 Å². The predicted octanol–water partition coefficient (Wildman–Crippen LogP) is 3.09. The third-order valence-corrected chi connectivity index (χ3v) is 5.44. The lowest BCUT2D eigenvalue weighted by atomic mass is 10.1. The second-order valence-corrected chi connectivity index (χ2v) is 7.74. The number of ether oxygens (including phenoxy) is 4. The van der Waals surface area contributed by atoms with E-state index in [-0.39, 0.29) is 25.2 Å². The largest absolute Gasteiger partial charge is 0.493 e. The van der Waals surface area contributed by atoms with Crippen LogP contribution in [-0.4, -0.2) is 39.4 Å². The van der Waals surface area contributed by atoms with Crippen molar-refractivity contribution in [3.63, 3.8) is 0 Å². The minimum Gasteiger partial charge on any atom is -0.493 e. The Labute approximate surface area is 203 Å². The number of nitrogens with one attached hydrogen (secondary N) is 3. The molecule has 3 aromatic rings. The molecule has 3 N–H and O–H groups in total. The molecule has 0 unspecified atom stereocenters. The van der Waals surface area contributed by atoms with Crippen LogP contribution in [0, 0.1) is 0 Å². The quantitative estimate of drug-likeness (QED) is 0.412. The molecule has 4 rings (SSSR count). The normalized spacial score (nSPS) is 11.5. The Morgan fingerprint density at radius 1 is 0.829 bits per heavy atom. The molecule has 0 aliphatic carbocycles. The Balaban J connectivity index is 1.30. The molecular formula is C26H27N3O6. The van der Waals surface area contributed by atoms with Gasteiger partial charge in [-0.25, -0.2) is 0 Å². The topological polar surface area (TPSA) is 107 Å². The van der Waals surface area contributed by atoms with E-state index in [0.29, 0.717) is 47.3 Å². The van der Waals surface area contributed by atoms with Crippen molar-refractivity contribution in [3.05, 3.63) is 77.4 Å². The van der Waals surface area contributed by atoms with E-state index in [1.807, 2.05) is 30.3 Å². The van der Waals surface area contributed by atoms with Crippen LogP contribution in [0.5, 0.6) is 23.0 Å². The lowest BCUT2D eigenvalue weighted by Crippen LogP contribution is -2.30. The Hall–Kier alpha value is -4.40. The molecule has 1 aliphatic heterocycles. The van der Waals surface area contributed by atoms with Crippen LogP contribution < -0.4 is 34.9 Å². The second-order valence-electron chi connectivity index (χ2n) is 7.74. The number of carbonyl (C=O) groups is 2. The van der Waals surface area contributed by atoms with Gasteiger partial charge in [0.1, 0.15) is 0 Å². The number of methoxy groups -OCH3 is 2. The van der Waals surface area contributed by atoms with Gasteiger partial charge < -0.3 is 34.9 Å². The average Bonchev–Trinajstić information content (AvgIpc) is 3.37. The third-order valence-electron chi connectivity index (χ3n) is 5.44. The van der Waals surface area contributed by atoms with Crippen molar-refractivity contribution >= 4 is 17.5 Å². The van der Waals surface area contributed by atoms with Crippen molar-refractivity contribution in [1.82, 2.24) is 10.6 Å². The van der Waals surface area contributed by atoms with Crippen LogP contribution in [0.15, 0.2) is 60.7 Å². The van der Waals surface area contributed by atoms with Gasteiger partial charge in [0, 0.05) is 18.8 Å². The highest BCUT2D eigenvalue weighted by molar-refractivity contribution is 6.00. The highest BCUT2D eigenvalue weighted by Crippen LogP contribution is 2.32. The fourth-order valence-corrected chi connectivity index (χ4v) is 3.59. The molecule has 0 aromatic heterocycles. The van der Waals surface area contributed by atoms with Crippen molar-refractivity contribution in [2.45, 2.75) is 13.1 Å². The molecule has 0 atom stereocenters. The lowest BCUT2D eigenvalue weighted by Gasteiger charge is -2.13. The van der Waals surface area contributed by atoms with Gasteiger partial charge in [-0.2, -0.15) is 0 Å². The molecule has 1 aliphatic rings. The summed E-state index contributed by atoms with van der Waals surface area (Å²) in [5.74, 6) is 2.11. The molecule has 9 heteroatoms.